The van der Waals surface area contributed by atoms with E-state index in [4.69, 9.17) is 0 Å². The first-order chi connectivity index (χ1) is 11.8. The van der Waals surface area contributed by atoms with Gasteiger partial charge in [-0.1, -0.05) is 19.9 Å². The van der Waals surface area contributed by atoms with E-state index in [2.05, 4.69) is 10.3 Å². The molecule has 2 amide bonds. The van der Waals surface area contributed by atoms with Crippen LogP contribution in [0.15, 0.2) is 58.8 Å². The third kappa shape index (κ3) is 3.47. The number of hydrogen-bond acceptors (Lipinski definition) is 2. The SMILES string of the molecule is CC(C)C1=CC(=O)NC2=CC(=NC(=O)c3ccc(F)cc3F)C=CC21. The van der Waals surface area contributed by atoms with Crippen LogP contribution >= 0.6 is 0 Å². The van der Waals surface area contributed by atoms with Crippen LogP contribution in [0.3, 0.4) is 0 Å². The average Bonchev–Trinajstić information content (AvgIpc) is 2.53. The molecule has 0 radical (unpaired) electrons. The molecule has 0 aromatic heterocycles. The average molecular weight is 342 g/mol. The second-order valence-electron chi connectivity index (χ2n) is 6.19. The van der Waals surface area contributed by atoms with Gasteiger partial charge in [0.05, 0.1) is 11.3 Å². The van der Waals surface area contributed by atoms with Crippen LogP contribution in [-0.4, -0.2) is 17.5 Å². The number of rotatable bonds is 2. The van der Waals surface area contributed by atoms with Crippen molar-refractivity contribution in [2.75, 3.05) is 0 Å². The van der Waals surface area contributed by atoms with E-state index >= 15 is 0 Å². The summed E-state index contributed by atoms with van der Waals surface area (Å²) in [6.07, 6.45) is 6.67. The van der Waals surface area contributed by atoms with E-state index in [-0.39, 0.29) is 23.3 Å². The van der Waals surface area contributed by atoms with Crippen LogP contribution in [-0.2, 0) is 4.79 Å². The number of fused-ring (bicyclic) bond motifs is 1. The van der Waals surface area contributed by atoms with Crippen LogP contribution in [0.5, 0.6) is 0 Å². The predicted molar refractivity (Wildman–Crippen MR) is 89.9 cm³/mol. The Bertz CT molecular complexity index is 879. The van der Waals surface area contributed by atoms with Crippen molar-refractivity contribution in [2.45, 2.75) is 13.8 Å². The summed E-state index contributed by atoms with van der Waals surface area (Å²) in [4.78, 5) is 27.8. The quantitative estimate of drug-likeness (QED) is 0.896. The summed E-state index contributed by atoms with van der Waals surface area (Å²) < 4.78 is 26.6. The summed E-state index contributed by atoms with van der Waals surface area (Å²) in [7, 11) is 0. The molecule has 0 bridgehead atoms. The van der Waals surface area contributed by atoms with E-state index < -0.39 is 17.5 Å². The largest absolute Gasteiger partial charge is 0.325 e. The van der Waals surface area contributed by atoms with Gasteiger partial charge < -0.3 is 5.32 Å². The van der Waals surface area contributed by atoms with Gasteiger partial charge in [-0.15, -0.1) is 0 Å². The van der Waals surface area contributed by atoms with Crippen molar-refractivity contribution in [2.24, 2.45) is 16.8 Å². The number of allylic oxidation sites excluding steroid dienone is 3. The summed E-state index contributed by atoms with van der Waals surface area (Å²) in [6, 6.07) is 2.70. The molecule has 1 N–H and O–H groups in total. The molecule has 1 aromatic rings. The van der Waals surface area contributed by atoms with Crippen molar-refractivity contribution >= 4 is 17.5 Å². The maximum absolute atomic E-state index is 13.7. The van der Waals surface area contributed by atoms with Gasteiger partial charge in [-0.3, -0.25) is 9.59 Å². The summed E-state index contributed by atoms with van der Waals surface area (Å²) in [6.45, 7) is 4.00. The fraction of sp³-hybridized carbons (Fsp3) is 0.211. The van der Waals surface area contributed by atoms with E-state index in [1.165, 1.54) is 0 Å². The van der Waals surface area contributed by atoms with Crippen LogP contribution < -0.4 is 5.32 Å². The van der Waals surface area contributed by atoms with Gasteiger partial charge >= 0.3 is 0 Å². The van der Waals surface area contributed by atoms with E-state index in [1.54, 1.807) is 18.2 Å². The van der Waals surface area contributed by atoms with Crippen molar-refractivity contribution in [1.82, 2.24) is 5.32 Å². The summed E-state index contributed by atoms with van der Waals surface area (Å²) in [5.74, 6) is -2.64. The second kappa shape index (κ2) is 6.55. The Hall–Kier alpha value is -2.89. The highest BCUT2D eigenvalue weighted by Gasteiger charge is 2.28. The standard InChI is InChI=1S/C19H16F2N2O2/c1-10(2)15-9-18(24)23-17-8-12(4-6-13(15)17)22-19(25)14-5-3-11(20)7-16(14)21/h3-10,13H,1-2H3,(H,23,24). The maximum Gasteiger partial charge on any atom is 0.280 e. The highest BCUT2D eigenvalue weighted by atomic mass is 19.1. The van der Waals surface area contributed by atoms with Gasteiger partial charge in [-0.25, -0.2) is 13.8 Å². The van der Waals surface area contributed by atoms with E-state index in [0.717, 1.165) is 17.7 Å². The fourth-order valence-corrected chi connectivity index (χ4v) is 2.86. The van der Waals surface area contributed by atoms with Crippen LogP contribution in [0.2, 0.25) is 0 Å². The third-order valence-corrected chi connectivity index (χ3v) is 4.08. The zero-order valence-corrected chi connectivity index (χ0v) is 13.7. The smallest absolute Gasteiger partial charge is 0.280 e. The molecule has 0 fully saturated rings. The summed E-state index contributed by atoms with van der Waals surface area (Å²) >= 11 is 0. The molecule has 0 spiro atoms. The number of nitrogens with one attached hydrogen (secondary N) is 1. The van der Waals surface area contributed by atoms with Gasteiger partial charge in [-0.05, 0) is 35.8 Å². The first-order valence-electron chi connectivity index (χ1n) is 7.85. The maximum atomic E-state index is 13.7. The molecule has 1 atom stereocenters. The lowest BCUT2D eigenvalue weighted by Gasteiger charge is -2.29. The molecule has 4 nitrogen and oxygen atoms in total. The van der Waals surface area contributed by atoms with Gasteiger partial charge in [0.25, 0.3) is 5.91 Å². The Labute approximate surface area is 143 Å². The highest BCUT2D eigenvalue weighted by Crippen LogP contribution is 2.31. The molecule has 3 rings (SSSR count). The Morgan fingerprint density at radius 2 is 2.00 bits per heavy atom. The lowest BCUT2D eigenvalue weighted by molar-refractivity contribution is -0.116. The molecule has 2 aliphatic rings. The topological polar surface area (TPSA) is 58.5 Å². The molecule has 25 heavy (non-hydrogen) atoms. The molecule has 128 valence electrons. The number of carbonyl (C=O) groups excluding carboxylic acids is 2. The van der Waals surface area contributed by atoms with Crippen molar-refractivity contribution in [1.29, 1.82) is 0 Å². The predicted octanol–water partition coefficient (Wildman–Crippen LogP) is 3.33. The monoisotopic (exact) mass is 342 g/mol. The van der Waals surface area contributed by atoms with E-state index in [9.17, 15) is 18.4 Å². The van der Waals surface area contributed by atoms with Crippen LogP contribution in [0.1, 0.15) is 24.2 Å². The number of aliphatic imine (C=N–C) groups is 1. The van der Waals surface area contributed by atoms with E-state index in [0.29, 0.717) is 17.5 Å². The highest BCUT2D eigenvalue weighted by molar-refractivity contribution is 6.14. The number of nitrogens with zero attached hydrogens (tertiary/aromatic N) is 1. The Morgan fingerprint density at radius 1 is 1.24 bits per heavy atom. The number of amides is 2. The number of halogens is 2. The molecule has 1 unspecified atom stereocenters. The summed E-state index contributed by atoms with van der Waals surface area (Å²) in [5.41, 5.74) is 1.59. The minimum Gasteiger partial charge on any atom is -0.325 e. The zero-order valence-electron chi connectivity index (χ0n) is 13.7. The molecule has 1 aliphatic carbocycles. The van der Waals surface area contributed by atoms with E-state index in [1.807, 2.05) is 19.9 Å². The van der Waals surface area contributed by atoms with Crippen molar-refractivity contribution in [3.8, 4) is 0 Å². The van der Waals surface area contributed by atoms with Crippen LogP contribution in [0.25, 0.3) is 0 Å². The lowest BCUT2D eigenvalue weighted by Crippen LogP contribution is -2.34. The summed E-state index contributed by atoms with van der Waals surface area (Å²) in [5, 5.41) is 2.74. The molecular formula is C19H16F2N2O2. The normalized spacial score (nSPS) is 20.9. The Morgan fingerprint density at radius 3 is 2.68 bits per heavy atom. The van der Waals surface area contributed by atoms with Gasteiger partial charge in [0.1, 0.15) is 11.6 Å². The number of hydrogen-bond donors (Lipinski definition) is 1. The molecule has 1 aromatic carbocycles. The Kier molecular flexibility index (Phi) is 4.44. The number of carbonyl (C=O) groups is 2. The Balaban J connectivity index is 1.90. The van der Waals surface area contributed by atoms with Crippen LogP contribution in [0.4, 0.5) is 8.78 Å². The second-order valence-corrected chi connectivity index (χ2v) is 6.19. The first-order valence-corrected chi connectivity index (χ1v) is 7.85. The number of benzene rings is 1. The molecule has 6 heteroatoms. The molecule has 1 heterocycles. The molecule has 1 aliphatic heterocycles. The fourth-order valence-electron chi connectivity index (χ4n) is 2.86. The minimum absolute atomic E-state index is 0.0747. The van der Waals surface area contributed by atoms with Gasteiger partial charge in [-0.2, -0.15) is 0 Å². The molecule has 0 saturated carbocycles. The third-order valence-electron chi connectivity index (χ3n) is 4.08. The van der Waals surface area contributed by atoms with Crippen molar-refractivity contribution < 1.29 is 18.4 Å². The van der Waals surface area contributed by atoms with Gasteiger partial charge in [0, 0.05) is 23.8 Å². The first kappa shape index (κ1) is 17.0. The van der Waals surface area contributed by atoms with Gasteiger partial charge in [0.15, 0.2) is 0 Å². The van der Waals surface area contributed by atoms with Crippen LogP contribution in [0, 0.1) is 23.5 Å². The zero-order chi connectivity index (χ0) is 18.1. The van der Waals surface area contributed by atoms with Crippen molar-refractivity contribution in [3.05, 3.63) is 71.0 Å². The van der Waals surface area contributed by atoms with Gasteiger partial charge in [0.2, 0.25) is 5.91 Å². The lowest BCUT2D eigenvalue weighted by atomic mass is 9.82. The minimum atomic E-state index is -0.962. The van der Waals surface area contributed by atoms with Crippen molar-refractivity contribution in [3.63, 3.8) is 0 Å². The molecular weight excluding hydrogens is 326 g/mol. The molecule has 0 saturated heterocycles.